The predicted octanol–water partition coefficient (Wildman–Crippen LogP) is 6.52. The van der Waals surface area contributed by atoms with Gasteiger partial charge in [0, 0.05) is 36.2 Å². The highest BCUT2D eigenvalue weighted by atomic mass is 35.5. The van der Waals surface area contributed by atoms with E-state index in [1.165, 1.54) is 5.56 Å². The fourth-order valence-electron chi connectivity index (χ4n) is 5.11. The van der Waals surface area contributed by atoms with Crippen molar-refractivity contribution in [2.24, 2.45) is 4.99 Å². The Morgan fingerprint density at radius 1 is 0.947 bits per heavy atom. The second-order valence-corrected chi connectivity index (χ2v) is 10.3. The van der Waals surface area contributed by atoms with Gasteiger partial charge in [-0.2, -0.15) is 0 Å². The minimum atomic E-state index is -0.369. The number of amidine groups is 1. The van der Waals surface area contributed by atoms with Crippen LogP contribution in [0.25, 0.3) is 0 Å². The van der Waals surface area contributed by atoms with E-state index in [0.29, 0.717) is 35.6 Å². The lowest BCUT2D eigenvalue weighted by Gasteiger charge is -2.36. The maximum absolute atomic E-state index is 14.3. The van der Waals surface area contributed by atoms with Gasteiger partial charge in [0.25, 0.3) is 0 Å². The third kappa shape index (κ3) is 5.39. The molecule has 6 nitrogen and oxygen atoms in total. The lowest BCUT2D eigenvalue weighted by Crippen LogP contribution is -2.53. The third-order valence-corrected chi connectivity index (χ3v) is 7.58. The average Bonchev–Trinajstić information content (AvgIpc) is 3.34. The summed E-state index contributed by atoms with van der Waals surface area (Å²) in [6, 6.07) is 20.8. The normalized spacial score (nSPS) is 19.4. The molecule has 0 aliphatic carbocycles. The molecule has 3 aromatic rings. The number of nitrogens with zero attached hydrogens (tertiary/aromatic N) is 3. The van der Waals surface area contributed by atoms with E-state index in [1.807, 2.05) is 71.3 Å². The number of carbonyl (C=O) groups is 1. The summed E-state index contributed by atoms with van der Waals surface area (Å²) in [6.45, 7) is 7.38. The Hall–Kier alpha value is -3.06. The molecule has 2 heterocycles. The van der Waals surface area contributed by atoms with E-state index in [9.17, 15) is 4.79 Å². The molecule has 0 spiro atoms. The van der Waals surface area contributed by atoms with Crippen molar-refractivity contribution in [2.45, 2.75) is 32.4 Å². The van der Waals surface area contributed by atoms with E-state index in [4.69, 9.17) is 32.9 Å². The van der Waals surface area contributed by atoms with Crippen LogP contribution in [-0.2, 0) is 6.42 Å². The minimum Gasteiger partial charge on any atom is -0.493 e. The van der Waals surface area contributed by atoms with Crippen molar-refractivity contribution in [1.82, 2.24) is 15.1 Å². The predicted molar refractivity (Wildman–Crippen MR) is 154 cm³/mol. The molecule has 2 unspecified atom stereocenters. The SMILES string of the molecule is CCOc1cc(CC)ccc1C1=NC(c2ccc(Cl)cc2)C(c2ccc(Cl)cc2)N1C(=O)N1CCNCC1. The molecule has 1 N–H and O–H groups in total. The summed E-state index contributed by atoms with van der Waals surface area (Å²) in [4.78, 5) is 23.3. The first kappa shape index (κ1) is 26.5. The van der Waals surface area contributed by atoms with Crippen LogP contribution in [0.5, 0.6) is 5.75 Å². The van der Waals surface area contributed by atoms with Gasteiger partial charge in [-0.1, -0.05) is 60.5 Å². The van der Waals surface area contributed by atoms with Crippen LogP contribution in [0.3, 0.4) is 0 Å². The number of aryl methyl sites for hydroxylation is 1. The topological polar surface area (TPSA) is 57.2 Å². The maximum atomic E-state index is 14.3. The number of amides is 2. The summed E-state index contributed by atoms with van der Waals surface area (Å²) in [5.74, 6) is 1.34. The van der Waals surface area contributed by atoms with Gasteiger partial charge >= 0.3 is 6.03 Å². The number of ether oxygens (including phenoxy) is 1. The van der Waals surface area contributed by atoms with Crippen LogP contribution in [0.2, 0.25) is 10.0 Å². The standard InChI is InChI=1S/C30H32Cl2N4O2/c1-3-20-5-14-25(26(19-20)38-4-2)29-34-27(21-6-10-23(31)11-7-21)28(22-8-12-24(32)13-9-22)36(29)30(37)35-17-15-33-16-18-35/h5-14,19,27-28,33H,3-4,15-18H2,1-2H3. The van der Waals surface area contributed by atoms with Crippen molar-refractivity contribution >= 4 is 35.1 Å². The first-order valence-electron chi connectivity index (χ1n) is 13.1. The summed E-state index contributed by atoms with van der Waals surface area (Å²) in [5, 5.41) is 4.64. The Kier molecular flexibility index (Phi) is 8.22. The number of hydrogen-bond donors (Lipinski definition) is 1. The van der Waals surface area contributed by atoms with Crippen LogP contribution < -0.4 is 10.1 Å². The summed E-state index contributed by atoms with van der Waals surface area (Å²) < 4.78 is 6.10. The molecule has 2 aliphatic heterocycles. The molecule has 0 saturated carbocycles. The number of carbonyl (C=O) groups excluding carboxylic acids is 1. The second kappa shape index (κ2) is 11.8. The molecule has 1 saturated heterocycles. The van der Waals surface area contributed by atoms with Gasteiger partial charge in [0.1, 0.15) is 17.6 Å². The smallest absolute Gasteiger partial charge is 0.326 e. The van der Waals surface area contributed by atoms with E-state index < -0.39 is 0 Å². The number of piperazine rings is 1. The Morgan fingerprint density at radius 2 is 1.58 bits per heavy atom. The largest absolute Gasteiger partial charge is 0.493 e. The first-order chi connectivity index (χ1) is 18.5. The number of aliphatic imine (C=N–C) groups is 1. The quantitative estimate of drug-likeness (QED) is 0.379. The Bertz CT molecular complexity index is 1300. The Balaban J connectivity index is 1.69. The van der Waals surface area contributed by atoms with Crippen molar-refractivity contribution in [3.63, 3.8) is 0 Å². The molecule has 0 aromatic heterocycles. The number of hydrogen-bond acceptors (Lipinski definition) is 4. The molecule has 0 bridgehead atoms. The van der Waals surface area contributed by atoms with Gasteiger partial charge in [-0.25, -0.2) is 4.79 Å². The van der Waals surface area contributed by atoms with E-state index in [2.05, 4.69) is 24.4 Å². The first-order valence-corrected chi connectivity index (χ1v) is 13.9. The van der Waals surface area contributed by atoms with Crippen LogP contribution in [0.1, 0.15) is 48.2 Å². The average molecular weight is 552 g/mol. The second-order valence-electron chi connectivity index (χ2n) is 9.45. The summed E-state index contributed by atoms with van der Waals surface area (Å²) in [5.41, 5.74) is 3.91. The fraction of sp³-hybridized carbons (Fsp3) is 0.333. The number of halogens is 2. The molecule has 8 heteroatoms. The molecule has 2 atom stereocenters. The van der Waals surface area contributed by atoms with E-state index in [0.717, 1.165) is 42.0 Å². The molecule has 0 radical (unpaired) electrons. The van der Waals surface area contributed by atoms with Crippen LogP contribution >= 0.6 is 23.2 Å². The molecule has 198 valence electrons. The van der Waals surface area contributed by atoms with Crippen LogP contribution in [0, 0.1) is 0 Å². The summed E-state index contributed by atoms with van der Waals surface area (Å²) >= 11 is 12.5. The molecule has 5 rings (SSSR count). The van der Waals surface area contributed by atoms with Crippen LogP contribution in [0.15, 0.2) is 71.7 Å². The summed E-state index contributed by atoms with van der Waals surface area (Å²) in [7, 11) is 0. The zero-order valence-corrected chi connectivity index (χ0v) is 23.2. The van der Waals surface area contributed by atoms with Crippen molar-refractivity contribution in [1.29, 1.82) is 0 Å². The number of rotatable bonds is 6. The molecule has 38 heavy (non-hydrogen) atoms. The highest BCUT2D eigenvalue weighted by Crippen LogP contribution is 2.45. The fourth-order valence-corrected chi connectivity index (χ4v) is 5.36. The van der Waals surface area contributed by atoms with Gasteiger partial charge in [0.15, 0.2) is 0 Å². The van der Waals surface area contributed by atoms with Crippen molar-refractivity contribution in [3.8, 4) is 5.75 Å². The van der Waals surface area contributed by atoms with E-state index in [1.54, 1.807) is 0 Å². The van der Waals surface area contributed by atoms with E-state index in [-0.39, 0.29) is 18.1 Å². The Labute approximate surface area is 234 Å². The summed E-state index contributed by atoms with van der Waals surface area (Å²) in [6.07, 6.45) is 0.886. The maximum Gasteiger partial charge on any atom is 0.326 e. The molecule has 2 aliphatic rings. The van der Waals surface area contributed by atoms with Gasteiger partial charge in [0.05, 0.1) is 18.2 Å². The number of benzene rings is 3. The van der Waals surface area contributed by atoms with Gasteiger partial charge < -0.3 is 15.0 Å². The number of nitrogens with one attached hydrogen (secondary N) is 1. The van der Waals surface area contributed by atoms with Crippen molar-refractivity contribution < 1.29 is 9.53 Å². The van der Waals surface area contributed by atoms with Gasteiger partial charge in [-0.15, -0.1) is 0 Å². The van der Waals surface area contributed by atoms with Gasteiger partial charge in [0.2, 0.25) is 0 Å². The van der Waals surface area contributed by atoms with E-state index >= 15 is 0 Å². The van der Waals surface area contributed by atoms with Gasteiger partial charge in [-0.05, 0) is 66.4 Å². The molecule has 2 amide bonds. The third-order valence-electron chi connectivity index (χ3n) is 7.08. The zero-order valence-electron chi connectivity index (χ0n) is 21.7. The lowest BCUT2D eigenvalue weighted by atomic mass is 9.93. The highest BCUT2D eigenvalue weighted by molar-refractivity contribution is 6.30. The number of urea groups is 1. The lowest BCUT2D eigenvalue weighted by molar-refractivity contribution is 0.157. The highest BCUT2D eigenvalue weighted by Gasteiger charge is 2.44. The Morgan fingerprint density at radius 3 is 2.18 bits per heavy atom. The van der Waals surface area contributed by atoms with Gasteiger partial charge in [-0.3, -0.25) is 9.89 Å². The zero-order chi connectivity index (χ0) is 26.6. The molecular formula is C30H32Cl2N4O2. The minimum absolute atomic E-state index is 0.0660. The monoisotopic (exact) mass is 550 g/mol. The molecule has 1 fully saturated rings. The molecular weight excluding hydrogens is 519 g/mol. The van der Waals surface area contributed by atoms with Crippen molar-refractivity contribution in [2.75, 3.05) is 32.8 Å². The van der Waals surface area contributed by atoms with Crippen molar-refractivity contribution in [3.05, 3.63) is 99.0 Å². The van der Waals surface area contributed by atoms with Crippen LogP contribution in [-0.4, -0.2) is 54.5 Å². The molecule has 3 aromatic carbocycles. The van der Waals surface area contributed by atoms with Crippen LogP contribution in [0.4, 0.5) is 4.79 Å².